The highest BCUT2D eigenvalue weighted by Gasteiger charge is 2.22. The molecule has 0 radical (unpaired) electrons. The summed E-state index contributed by atoms with van der Waals surface area (Å²) in [5, 5.41) is 6.41. The van der Waals surface area contributed by atoms with E-state index in [0.717, 1.165) is 31.5 Å². The summed E-state index contributed by atoms with van der Waals surface area (Å²) in [6.07, 6.45) is 2.02. The van der Waals surface area contributed by atoms with E-state index in [1.54, 1.807) is 18.2 Å². The zero-order valence-corrected chi connectivity index (χ0v) is 16.6. The topological polar surface area (TPSA) is 79.9 Å². The first kappa shape index (κ1) is 19.4. The van der Waals surface area contributed by atoms with E-state index < -0.39 is 0 Å². The third-order valence-electron chi connectivity index (χ3n) is 4.97. The summed E-state index contributed by atoms with van der Waals surface area (Å²) >= 11 is 6.09. The van der Waals surface area contributed by atoms with Gasteiger partial charge in [-0.3, -0.25) is 9.59 Å². The number of rotatable bonds is 6. The van der Waals surface area contributed by atoms with E-state index in [4.69, 9.17) is 21.1 Å². The Morgan fingerprint density at radius 2 is 1.83 bits per heavy atom. The summed E-state index contributed by atoms with van der Waals surface area (Å²) in [5.41, 5.74) is 2.01. The highest BCUT2D eigenvalue weighted by molar-refractivity contribution is 6.31. The molecular formula is C21H22ClN3O4. The summed E-state index contributed by atoms with van der Waals surface area (Å²) < 4.78 is 10.6. The van der Waals surface area contributed by atoms with Gasteiger partial charge in [0.05, 0.1) is 12.1 Å². The van der Waals surface area contributed by atoms with Crippen molar-refractivity contribution in [3.05, 3.63) is 52.5 Å². The minimum atomic E-state index is -0.183. The van der Waals surface area contributed by atoms with Gasteiger partial charge in [0.25, 0.3) is 5.91 Å². The number of carbonyl (C=O) groups is 2. The molecular weight excluding hydrogens is 394 g/mol. The van der Waals surface area contributed by atoms with Crippen molar-refractivity contribution >= 4 is 29.1 Å². The van der Waals surface area contributed by atoms with E-state index in [2.05, 4.69) is 10.6 Å². The third-order valence-corrected chi connectivity index (χ3v) is 5.21. The minimum Gasteiger partial charge on any atom is -0.454 e. The molecule has 0 saturated carbocycles. The minimum absolute atomic E-state index is 0.0481. The molecule has 1 fully saturated rings. The van der Waals surface area contributed by atoms with Crippen LogP contribution in [0.4, 0.5) is 5.69 Å². The van der Waals surface area contributed by atoms with Crippen LogP contribution in [0.25, 0.3) is 0 Å². The van der Waals surface area contributed by atoms with E-state index in [1.165, 1.54) is 0 Å². The largest absolute Gasteiger partial charge is 0.454 e. The standard InChI is InChI=1S/C21H22ClN3O4/c22-15-4-5-17(16(10-15)21(27)25-7-1-2-8-25)23-12-20(26)24-11-14-3-6-18-19(9-14)29-13-28-18/h3-6,9-10,23H,1-2,7-8,11-13H2,(H,24,26). The Morgan fingerprint density at radius 3 is 2.66 bits per heavy atom. The Hall–Kier alpha value is -2.93. The predicted molar refractivity (Wildman–Crippen MR) is 109 cm³/mol. The summed E-state index contributed by atoms with van der Waals surface area (Å²) in [4.78, 5) is 26.9. The first-order valence-corrected chi connectivity index (χ1v) is 9.96. The third kappa shape index (κ3) is 4.56. The average Bonchev–Trinajstić information content (AvgIpc) is 3.42. The molecule has 8 heteroatoms. The zero-order valence-electron chi connectivity index (χ0n) is 15.9. The van der Waals surface area contributed by atoms with Gasteiger partial charge in [-0.25, -0.2) is 0 Å². The van der Waals surface area contributed by atoms with Gasteiger partial charge in [0.15, 0.2) is 11.5 Å². The van der Waals surface area contributed by atoms with E-state index in [-0.39, 0.29) is 25.2 Å². The molecule has 1 saturated heterocycles. The van der Waals surface area contributed by atoms with Crippen molar-refractivity contribution in [3.63, 3.8) is 0 Å². The Labute approximate surface area is 173 Å². The van der Waals surface area contributed by atoms with Gasteiger partial charge >= 0.3 is 0 Å². The van der Waals surface area contributed by atoms with Crippen LogP contribution in [0.5, 0.6) is 11.5 Å². The molecule has 2 aromatic carbocycles. The number of fused-ring (bicyclic) bond motifs is 1. The van der Waals surface area contributed by atoms with Gasteiger partial charge in [0.2, 0.25) is 12.7 Å². The van der Waals surface area contributed by atoms with Crippen LogP contribution in [0.15, 0.2) is 36.4 Å². The van der Waals surface area contributed by atoms with E-state index in [1.807, 2.05) is 23.1 Å². The maximum Gasteiger partial charge on any atom is 0.256 e. The molecule has 29 heavy (non-hydrogen) atoms. The molecule has 2 aromatic rings. The molecule has 0 spiro atoms. The summed E-state index contributed by atoms with van der Waals surface area (Å²) in [5.74, 6) is 1.14. The molecule has 152 valence electrons. The number of amides is 2. The van der Waals surface area contributed by atoms with Gasteiger partial charge in [-0.2, -0.15) is 0 Å². The number of benzene rings is 2. The molecule has 0 aliphatic carbocycles. The van der Waals surface area contributed by atoms with Crippen LogP contribution in [-0.2, 0) is 11.3 Å². The number of hydrogen-bond acceptors (Lipinski definition) is 5. The fraction of sp³-hybridized carbons (Fsp3) is 0.333. The number of nitrogens with one attached hydrogen (secondary N) is 2. The van der Waals surface area contributed by atoms with Gasteiger partial charge in [-0.1, -0.05) is 17.7 Å². The van der Waals surface area contributed by atoms with Crippen molar-refractivity contribution < 1.29 is 19.1 Å². The molecule has 0 aromatic heterocycles. The molecule has 2 aliphatic heterocycles. The number of carbonyl (C=O) groups excluding carboxylic acids is 2. The maximum absolute atomic E-state index is 12.8. The molecule has 2 aliphatic rings. The van der Waals surface area contributed by atoms with E-state index in [9.17, 15) is 9.59 Å². The number of hydrogen-bond donors (Lipinski definition) is 2. The zero-order chi connectivity index (χ0) is 20.2. The van der Waals surface area contributed by atoms with E-state index in [0.29, 0.717) is 34.3 Å². The fourth-order valence-electron chi connectivity index (χ4n) is 3.43. The van der Waals surface area contributed by atoms with Crippen molar-refractivity contribution in [2.24, 2.45) is 0 Å². The van der Waals surface area contributed by atoms with Crippen molar-refractivity contribution in [1.82, 2.24) is 10.2 Å². The average molecular weight is 416 g/mol. The number of likely N-dealkylation sites (tertiary alicyclic amines) is 1. The normalized spacial score (nSPS) is 14.7. The Balaban J connectivity index is 1.34. The molecule has 0 atom stereocenters. The fourth-order valence-corrected chi connectivity index (χ4v) is 3.60. The molecule has 2 heterocycles. The first-order chi connectivity index (χ1) is 14.1. The van der Waals surface area contributed by atoms with Crippen LogP contribution in [0.1, 0.15) is 28.8 Å². The maximum atomic E-state index is 12.8. The molecule has 0 unspecified atom stereocenters. The van der Waals surface area contributed by atoms with Crippen LogP contribution >= 0.6 is 11.6 Å². The lowest BCUT2D eigenvalue weighted by atomic mass is 10.1. The van der Waals surface area contributed by atoms with Crippen LogP contribution in [0.3, 0.4) is 0 Å². The van der Waals surface area contributed by atoms with Gasteiger partial charge in [-0.15, -0.1) is 0 Å². The van der Waals surface area contributed by atoms with Crippen LogP contribution in [0, 0.1) is 0 Å². The molecule has 2 amide bonds. The van der Waals surface area contributed by atoms with Crippen LogP contribution in [0.2, 0.25) is 5.02 Å². The number of ether oxygens (including phenoxy) is 2. The van der Waals surface area contributed by atoms with Crippen molar-refractivity contribution in [2.45, 2.75) is 19.4 Å². The molecule has 7 nitrogen and oxygen atoms in total. The highest BCUT2D eigenvalue weighted by Crippen LogP contribution is 2.32. The van der Waals surface area contributed by atoms with Crippen molar-refractivity contribution in [3.8, 4) is 11.5 Å². The summed E-state index contributed by atoms with van der Waals surface area (Å²) in [6, 6.07) is 10.6. The van der Waals surface area contributed by atoms with Crippen molar-refractivity contribution in [2.75, 3.05) is 31.7 Å². The van der Waals surface area contributed by atoms with Gasteiger partial charge < -0.3 is 25.0 Å². The van der Waals surface area contributed by atoms with Crippen LogP contribution < -0.4 is 20.1 Å². The lowest BCUT2D eigenvalue weighted by Gasteiger charge is -2.18. The number of halogens is 1. The quantitative estimate of drug-likeness (QED) is 0.758. The molecule has 4 rings (SSSR count). The van der Waals surface area contributed by atoms with Crippen molar-refractivity contribution in [1.29, 1.82) is 0 Å². The molecule has 0 bridgehead atoms. The molecule has 2 N–H and O–H groups in total. The second-order valence-electron chi connectivity index (χ2n) is 7.01. The lowest BCUT2D eigenvalue weighted by molar-refractivity contribution is -0.119. The predicted octanol–water partition coefficient (Wildman–Crippen LogP) is 3.03. The number of nitrogens with zero attached hydrogens (tertiary/aromatic N) is 1. The first-order valence-electron chi connectivity index (χ1n) is 9.58. The monoisotopic (exact) mass is 415 g/mol. The smallest absolute Gasteiger partial charge is 0.256 e. The summed E-state index contributed by atoms with van der Waals surface area (Å²) in [7, 11) is 0. The van der Waals surface area contributed by atoms with Gasteiger partial charge in [0, 0.05) is 30.3 Å². The number of anilines is 1. The lowest BCUT2D eigenvalue weighted by Crippen LogP contribution is -2.31. The van der Waals surface area contributed by atoms with E-state index >= 15 is 0 Å². The second kappa shape index (κ2) is 8.61. The Bertz CT molecular complexity index is 928. The Kier molecular flexibility index (Phi) is 5.76. The highest BCUT2D eigenvalue weighted by atomic mass is 35.5. The van der Waals surface area contributed by atoms with Crippen LogP contribution in [-0.4, -0.2) is 43.1 Å². The van der Waals surface area contributed by atoms with Gasteiger partial charge in [-0.05, 0) is 48.7 Å². The van der Waals surface area contributed by atoms with Gasteiger partial charge in [0.1, 0.15) is 0 Å². The summed E-state index contributed by atoms with van der Waals surface area (Å²) in [6.45, 7) is 2.14. The SMILES string of the molecule is O=C(CNc1ccc(Cl)cc1C(=O)N1CCCC1)NCc1ccc2c(c1)OCO2. The Morgan fingerprint density at radius 1 is 1.03 bits per heavy atom. The second-order valence-corrected chi connectivity index (χ2v) is 7.44.